The summed E-state index contributed by atoms with van der Waals surface area (Å²) in [6.07, 6.45) is 4.52. The summed E-state index contributed by atoms with van der Waals surface area (Å²) >= 11 is 7.75. The zero-order valence-electron chi connectivity index (χ0n) is 22.4. The highest BCUT2D eigenvalue weighted by atomic mass is 35.5. The topological polar surface area (TPSA) is 98.1 Å². The van der Waals surface area contributed by atoms with Gasteiger partial charge in [-0.05, 0) is 54.2 Å². The zero-order chi connectivity index (χ0) is 29.7. The van der Waals surface area contributed by atoms with Crippen molar-refractivity contribution < 1.29 is 26.4 Å². The number of hydrogen-bond donors (Lipinski definition) is 0. The molecule has 0 bridgehead atoms. The van der Waals surface area contributed by atoms with Gasteiger partial charge in [0.25, 0.3) is 9.84 Å². The van der Waals surface area contributed by atoms with Crippen LogP contribution in [0.5, 0.6) is 0 Å². The number of nitrogens with zero attached hydrogens (tertiary/aromatic N) is 5. The SMILES string of the molecule is CC(C)(C)c1cc(-c2nc(C3CCN(C(=O)Cn4cnc5cccnc54)CC3)sc2Cl)cc(S(=O)(=O)C(F)(F)F)c1. The summed E-state index contributed by atoms with van der Waals surface area (Å²) in [5.41, 5.74) is -3.85. The van der Waals surface area contributed by atoms with Gasteiger partial charge in [-0.1, -0.05) is 32.4 Å². The van der Waals surface area contributed by atoms with Crippen molar-refractivity contribution in [2.24, 2.45) is 0 Å². The monoisotopic (exact) mass is 625 g/mol. The second kappa shape index (κ2) is 10.7. The fraction of sp³-hybridized carbons (Fsp3) is 0.407. The van der Waals surface area contributed by atoms with Crippen LogP contribution in [-0.2, 0) is 26.6 Å². The number of alkyl halides is 3. The van der Waals surface area contributed by atoms with Crippen molar-refractivity contribution in [2.75, 3.05) is 13.1 Å². The number of imidazole rings is 1. The number of rotatable bonds is 5. The number of pyridine rings is 1. The fourth-order valence-corrected chi connectivity index (χ4v) is 6.96. The molecule has 1 amide bonds. The third kappa shape index (κ3) is 5.84. The van der Waals surface area contributed by atoms with E-state index in [0.29, 0.717) is 47.7 Å². The van der Waals surface area contributed by atoms with Gasteiger partial charge in [-0.3, -0.25) is 4.79 Å². The number of sulfone groups is 1. The third-order valence-electron chi connectivity index (χ3n) is 7.14. The quantitative estimate of drug-likeness (QED) is 0.262. The molecule has 0 N–H and O–H groups in total. The summed E-state index contributed by atoms with van der Waals surface area (Å²) < 4.78 is 66.8. The van der Waals surface area contributed by atoms with Crippen LogP contribution in [0.15, 0.2) is 47.8 Å². The zero-order valence-corrected chi connectivity index (χ0v) is 24.8. The van der Waals surface area contributed by atoms with Crippen LogP contribution in [0.1, 0.15) is 50.1 Å². The van der Waals surface area contributed by atoms with Crippen LogP contribution in [0.25, 0.3) is 22.4 Å². The predicted molar refractivity (Wildman–Crippen MR) is 151 cm³/mol. The number of amides is 1. The van der Waals surface area contributed by atoms with E-state index in [1.807, 2.05) is 6.07 Å². The van der Waals surface area contributed by atoms with E-state index < -0.39 is 25.7 Å². The van der Waals surface area contributed by atoms with Gasteiger partial charge < -0.3 is 9.47 Å². The summed E-state index contributed by atoms with van der Waals surface area (Å²) in [5.74, 6) is -0.0566. The molecule has 5 rings (SSSR count). The average Bonchev–Trinajstić information content (AvgIpc) is 3.51. The molecule has 0 saturated carbocycles. The normalized spacial score (nSPS) is 15.5. The molecule has 4 aromatic rings. The Morgan fingerprint density at radius 1 is 1.12 bits per heavy atom. The Bertz CT molecular complexity index is 1720. The smallest absolute Gasteiger partial charge is 0.341 e. The molecular weight excluding hydrogens is 599 g/mol. The van der Waals surface area contributed by atoms with Gasteiger partial charge in [0.15, 0.2) is 5.65 Å². The number of carbonyl (C=O) groups excluding carboxylic acids is 1. The van der Waals surface area contributed by atoms with Gasteiger partial charge in [-0.2, -0.15) is 13.2 Å². The Balaban J connectivity index is 1.35. The first-order valence-corrected chi connectivity index (χ1v) is 15.5. The second-order valence-corrected chi connectivity index (χ2v) is 14.6. The summed E-state index contributed by atoms with van der Waals surface area (Å²) in [5, 5.41) is 0.697. The van der Waals surface area contributed by atoms with Crippen LogP contribution in [0.3, 0.4) is 0 Å². The summed E-state index contributed by atoms with van der Waals surface area (Å²) in [6.45, 7) is 6.48. The second-order valence-electron chi connectivity index (χ2n) is 11.0. The highest BCUT2D eigenvalue weighted by molar-refractivity contribution is 7.92. The van der Waals surface area contributed by atoms with Crippen LogP contribution in [-0.4, -0.2) is 57.3 Å². The summed E-state index contributed by atoms with van der Waals surface area (Å²) in [6, 6.07) is 7.29. The number of likely N-dealkylation sites (tertiary alicyclic amines) is 1. The molecule has 1 saturated heterocycles. The lowest BCUT2D eigenvalue weighted by Crippen LogP contribution is -2.39. The third-order valence-corrected chi connectivity index (χ3v) is 10.0. The molecular formula is C27H27ClF3N5O3S2. The highest BCUT2D eigenvalue weighted by Crippen LogP contribution is 2.42. The number of aromatic nitrogens is 4. The lowest BCUT2D eigenvalue weighted by Gasteiger charge is -2.31. The van der Waals surface area contributed by atoms with Crippen molar-refractivity contribution in [1.29, 1.82) is 0 Å². The summed E-state index contributed by atoms with van der Waals surface area (Å²) in [4.78, 5) is 27.2. The average molecular weight is 626 g/mol. The Kier molecular flexibility index (Phi) is 7.66. The molecule has 41 heavy (non-hydrogen) atoms. The molecule has 0 spiro atoms. The van der Waals surface area contributed by atoms with E-state index in [-0.39, 0.29) is 34.0 Å². The molecule has 1 aliphatic rings. The van der Waals surface area contributed by atoms with Gasteiger partial charge in [0.1, 0.15) is 22.1 Å². The molecule has 3 aromatic heterocycles. The van der Waals surface area contributed by atoms with Crippen molar-refractivity contribution in [3.05, 3.63) is 57.8 Å². The van der Waals surface area contributed by atoms with Crippen LogP contribution >= 0.6 is 22.9 Å². The van der Waals surface area contributed by atoms with Crippen molar-refractivity contribution >= 4 is 49.8 Å². The molecule has 0 radical (unpaired) electrons. The minimum atomic E-state index is -5.58. The molecule has 1 aliphatic heterocycles. The molecule has 0 atom stereocenters. The standard InChI is InChI=1S/C27H27ClF3N5O3S2/c1-26(2,3)18-11-17(12-19(13-18)41(38,39)27(29,30)31)22-23(28)40-25(34-22)16-6-9-35(10-7-16)21(37)14-36-15-33-20-5-4-8-32-24(20)36/h4-5,8,11-13,15-16H,6-7,9-10,14H2,1-3H3. The Morgan fingerprint density at radius 2 is 1.83 bits per heavy atom. The molecule has 1 aromatic carbocycles. The van der Waals surface area contributed by atoms with Gasteiger partial charge in [0.2, 0.25) is 5.91 Å². The number of fused-ring (bicyclic) bond motifs is 1. The van der Waals surface area contributed by atoms with Gasteiger partial charge >= 0.3 is 5.51 Å². The number of halogens is 4. The van der Waals surface area contributed by atoms with Crippen LogP contribution in [0, 0.1) is 0 Å². The van der Waals surface area contributed by atoms with E-state index in [1.165, 1.54) is 11.3 Å². The molecule has 14 heteroatoms. The van der Waals surface area contributed by atoms with E-state index in [2.05, 4.69) is 15.0 Å². The maximum Gasteiger partial charge on any atom is 0.501 e. The maximum atomic E-state index is 13.4. The van der Waals surface area contributed by atoms with E-state index >= 15 is 0 Å². The lowest BCUT2D eigenvalue weighted by atomic mass is 9.86. The van der Waals surface area contributed by atoms with E-state index in [1.54, 1.807) is 54.9 Å². The molecule has 4 heterocycles. The van der Waals surface area contributed by atoms with Crippen LogP contribution in [0.2, 0.25) is 4.34 Å². The van der Waals surface area contributed by atoms with E-state index in [9.17, 15) is 26.4 Å². The molecule has 0 aliphatic carbocycles. The Hall–Kier alpha value is -3.03. The van der Waals surface area contributed by atoms with Gasteiger partial charge in [-0.15, -0.1) is 11.3 Å². The van der Waals surface area contributed by atoms with Crippen molar-refractivity contribution in [2.45, 2.75) is 61.9 Å². The largest absolute Gasteiger partial charge is 0.501 e. The first-order valence-electron chi connectivity index (χ1n) is 12.8. The van der Waals surface area contributed by atoms with E-state index in [4.69, 9.17) is 11.6 Å². The number of piperidine rings is 1. The van der Waals surface area contributed by atoms with E-state index in [0.717, 1.165) is 12.1 Å². The van der Waals surface area contributed by atoms with Gasteiger partial charge in [0.05, 0.1) is 16.2 Å². The van der Waals surface area contributed by atoms with Crippen LogP contribution in [0.4, 0.5) is 13.2 Å². The van der Waals surface area contributed by atoms with Crippen molar-refractivity contribution in [3.63, 3.8) is 0 Å². The molecule has 0 unspecified atom stereocenters. The first-order chi connectivity index (χ1) is 19.1. The fourth-order valence-electron chi connectivity index (χ4n) is 4.76. The maximum absolute atomic E-state index is 13.4. The number of hydrogen-bond acceptors (Lipinski definition) is 7. The highest BCUT2D eigenvalue weighted by Gasteiger charge is 2.47. The molecule has 8 nitrogen and oxygen atoms in total. The Labute approximate surface area is 244 Å². The molecule has 1 fully saturated rings. The van der Waals surface area contributed by atoms with Crippen LogP contribution < -0.4 is 0 Å². The van der Waals surface area contributed by atoms with Crippen molar-refractivity contribution in [1.82, 2.24) is 24.4 Å². The lowest BCUT2D eigenvalue weighted by molar-refractivity contribution is -0.132. The number of benzene rings is 1. The minimum absolute atomic E-state index is 0.00443. The molecule has 218 valence electrons. The number of carbonyl (C=O) groups is 1. The van der Waals surface area contributed by atoms with Gasteiger partial charge in [0, 0.05) is 30.8 Å². The number of thiazole rings is 1. The predicted octanol–water partition coefficient (Wildman–Crippen LogP) is 6.21. The first kappa shape index (κ1) is 29.5. The summed E-state index contributed by atoms with van der Waals surface area (Å²) in [7, 11) is -5.58. The Morgan fingerprint density at radius 3 is 2.49 bits per heavy atom. The minimum Gasteiger partial charge on any atom is -0.341 e. The van der Waals surface area contributed by atoms with Gasteiger partial charge in [-0.25, -0.2) is 23.4 Å². The van der Waals surface area contributed by atoms with Crippen molar-refractivity contribution in [3.8, 4) is 11.3 Å².